The molecule has 1 N–H and O–H groups in total. The zero-order valence-electron chi connectivity index (χ0n) is 18.2. The largest absolute Gasteiger partial charge is 0.465 e. The van der Waals surface area contributed by atoms with Gasteiger partial charge in [0.25, 0.3) is 0 Å². The highest BCUT2D eigenvalue weighted by atomic mass is 32.2. The van der Waals surface area contributed by atoms with Crippen LogP contribution in [0, 0.1) is 6.92 Å². The van der Waals surface area contributed by atoms with Crippen molar-refractivity contribution in [3.8, 4) is 11.5 Å². The Morgan fingerprint density at radius 3 is 2.58 bits per heavy atom. The van der Waals surface area contributed by atoms with Crippen molar-refractivity contribution in [2.75, 3.05) is 18.2 Å². The molecule has 1 amide bonds. The molecule has 2 aromatic heterocycles. The third-order valence-electron chi connectivity index (χ3n) is 5.36. The van der Waals surface area contributed by atoms with Crippen LogP contribution in [0.2, 0.25) is 0 Å². The molecule has 3 aromatic rings. The van der Waals surface area contributed by atoms with Gasteiger partial charge in [-0.25, -0.2) is 13.2 Å². The van der Waals surface area contributed by atoms with E-state index in [4.69, 9.17) is 9.15 Å². The van der Waals surface area contributed by atoms with Crippen LogP contribution >= 0.6 is 11.3 Å². The number of amides is 1. The number of esters is 1. The Hall–Kier alpha value is -3.05. The van der Waals surface area contributed by atoms with Crippen molar-refractivity contribution in [2.45, 2.75) is 44.3 Å². The minimum atomic E-state index is -4.19. The van der Waals surface area contributed by atoms with Gasteiger partial charge in [-0.2, -0.15) is 0 Å². The molecule has 33 heavy (non-hydrogen) atoms. The van der Waals surface area contributed by atoms with Crippen LogP contribution in [0.3, 0.4) is 0 Å². The number of thiophene rings is 1. The third kappa shape index (κ3) is 4.98. The van der Waals surface area contributed by atoms with Gasteiger partial charge in [0.15, 0.2) is 0 Å². The first-order valence-corrected chi connectivity index (χ1v) is 12.9. The Kier molecular flexibility index (Phi) is 6.61. The number of aryl methyl sites for hydroxylation is 2. The van der Waals surface area contributed by atoms with Gasteiger partial charge < -0.3 is 14.5 Å². The molecule has 0 saturated heterocycles. The first-order valence-electron chi connectivity index (χ1n) is 10.4. The van der Waals surface area contributed by atoms with E-state index < -0.39 is 32.7 Å². The lowest BCUT2D eigenvalue weighted by Crippen LogP contribution is -2.24. The summed E-state index contributed by atoms with van der Waals surface area (Å²) in [5, 5.41) is 9.65. The van der Waals surface area contributed by atoms with Crippen LogP contribution in [0.5, 0.6) is 0 Å². The number of carbonyl (C=O) groups excluding carboxylic acids is 2. The maximum Gasteiger partial charge on any atom is 0.341 e. The number of benzene rings is 1. The van der Waals surface area contributed by atoms with Crippen molar-refractivity contribution >= 4 is 38.1 Å². The number of anilines is 1. The number of methoxy groups -OCH3 is 1. The lowest BCUT2D eigenvalue weighted by Gasteiger charge is -2.07. The van der Waals surface area contributed by atoms with Crippen LogP contribution in [-0.4, -0.2) is 43.4 Å². The number of ether oxygens (including phenoxy) is 1. The van der Waals surface area contributed by atoms with Crippen LogP contribution < -0.4 is 5.32 Å². The molecule has 0 fully saturated rings. The number of nitrogens with zero attached hydrogens (tertiary/aromatic N) is 2. The molecule has 0 atom stereocenters. The topological polar surface area (TPSA) is 128 Å². The predicted molar refractivity (Wildman–Crippen MR) is 122 cm³/mol. The van der Waals surface area contributed by atoms with Crippen LogP contribution in [0.15, 0.2) is 33.9 Å². The van der Waals surface area contributed by atoms with Crippen LogP contribution in [-0.2, 0) is 32.2 Å². The van der Waals surface area contributed by atoms with E-state index in [1.54, 1.807) is 12.1 Å². The molecule has 0 saturated carbocycles. The predicted octanol–water partition coefficient (Wildman–Crippen LogP) is 3.57. The SMILES string of the molecule is COC(=O)c1c(NC(=O)CS(=O)(=O)c2nnc(-c3ccc(C)cc3)o2)sc2c1CCCCC2. The first-order chi connectivity index (χ1) is 15.8. The van der Waals surface area contributed by atoms with E-state index in [0.29, 0.717) is 22.5 Å². The lowest BCUT2D eigenvalue weighted by atomic mass is 10.1. The Balaban J connectivity index is 1.53. The third-order valence-corrected chi connectivity index (χ3v) is 7.90. The second-order valence-corrected chi connectivity index (χ2v) is 10.8. The van der Waals surface area contributed by atoms with Gasteiger partial charge in [-0.05, 0) is 50.3 Å². The highest BCUT2D eigenvalue weighted by Crippen LogP contribution is 2.38. The molecule has 1 aromatic carbocycles. The van der Waals surface area contributed by atoms with E-state index in [2.05, 4.69) is 15.5 Å². The average molecular weight is 490 g/mol. The second-order valence-electron chi connectivity index (χ2n) is 7.81. The van der Waals surface area contributed by atoms with Crippen molar-refractivity contribution in [1.29, 1.82) is 0 Å². The summed E-state index contributed by atoms with van der Waals surface area (Å²) in [6, 6.07) is 7.15. The van der Waals surface area contributed by atoms with E-state index in [1.165, 1.54) is 18.4 Å². The summed E-state index contributed by atoms with van der Waals surface area (Å²) in [5.74, 6) is -2.20. The summed E-state index contributed by atoms with van der Waals surface area (Å²) in [6.07, 6.45) is 4.53. The van der Waals surface area contributed by atoms with Gasteiger partial charge in [0.1, 0.15) is 10.8 Å². The molecular formula is C22H23N3O6S2. The number of sulfone groups is 1. The van der Waals surface area contributed by atoms with Crippen molar-refractivity contribution in [2.24, 2.45) is 0 Å². The van der Waals surface area contributed by atoms with E-state index in [1.807, 2.05) is 19.1 Å². The number of aromatic nitrogens is 2. The monoisotopic (exact) mass is 489 g/mol. The van der Waals surface area contributed by atoms with Crippen LogP contribution in [0.4, 0.5) is 5.00 Å². The van der Waals surface area contributed by atoms with Crippen molar-refractivity contribution in [3.05, 3.63) is 45.8 Å². The summed E-state index contributed by atoms with van der Waals surface area (Å²) in [4.78, 5) is 26.1. The standard InChI is InChI=1S/C22H23N3O6S2/c1-13-8-10-14(11-9-13)19-24-25-22(31-19)33(28,29)12-17(26)23-20-18(21(27)30-2)15-6-4-3-5-7-16(15)32-20/h8-11H,3-7,12H2,1-2H3,(H,23,26). The molecule has 0 unspecified atom stereocenters. The Morgan fingerprint density at radius 2 is 1.85 bits per heavy atom. The van der Waals surface area contributed by atoms with Crippen molar-refractivity contribution in [1.82, 2.24) is 10.2 Å². The molecule has 11 heteroatoms. The molecule has 0 radical (unpaired) electrons. The summed E-state index contributed by atoms with van der Waals surface area (Å²) < 4.78 is 35.6. The average Bonchev–Trinajstić information content (AvgIpc) is 3.33. The van der Waals surface area contributed by atoms with Gasteiger partial charge in [0.2, 0.25) is 21.6 Å². The summed E-state index contributed by atoms with van der Waals surface area (Å²) in [7, 11) is -2.91. The van der Waals surface area contributed by atoms with E-state index in [-0.39, 0.29) is 5.89 Å². The number of rotatable bonds is 6. The quantitative estimate of drug-likeness (QED) is 0.411. The molecule has 9 nitrogen and oxygen atoms in total. The van der Waals surface area contributed by atoms with Crippen LogP contribution in [0.1, 0.15) is 45.6 Å². The minimum Gasteiger partial charge on any atom is -0.465 e. The molecule has 0 bridgehead atoms. The van der Waals surface area contributed by atoms with E-state index in [9.17, 15) is 18.0 Å². The second kappa shape index (κ2) is 9.44. The van der Waals surface area contributed by atoms with Crippen LogP contribution in [0.25, 0.3) is 11.5 Å². The smallest absolute Gasteiger partial charge is 0.341 e. The highest BCUT2D eigenvalue weighted by molar-refractivity contribution is 7.91. The van der Waals surface area contributed by atoms with Gasteiger partial charge in [0.05, 0.1) is 12.7 Å². The van der Waals surface area contributed by atoms with E-state index in [0.717, 1.165) is 41.7 Å². The fraction of sp³-hybridized carbons (Fsp3) is 0.364. The number of carbonyl (C=O) groups is 2. The summed E-state index contributed by atoms with van der Waals surface area (Å²) in [6.45, 7) is 1.92. The summed E-state index contributed by atoms with van der Waals surface area (Å²) >= 11 is 1.29. The first kappa shape index (κ1) is 23.1. The zero-order chi connectivity index (χ0) is 23.6. The van der Waals surface area contributed by atoms with Gasteiger partial charge in [-0.1, -0.05) is 29.2 Å². The molecular weight excluding hydrogens is 466 g/mol. The molecule has 4 rings (SSSR count). The fourth-order valence-corrected chi connectivity index (χ4v) is 5.90. The van der Waals surface area contributed by atoms with Crippen molar-refractivity contribution < 1.29 is 27.2 Å². The molecule has 174 valence electrons. The molecule has 0 spiro atoms. The molecule has 2 heterocycles. The maximum atomic E-state index is 12.7. The minimum absolute atomic E-state index is 0.0453. The molecule has 1 aliphatic carbocycles. The lowest BCUT2D eigenvalue weighted by molar-refractivity contribution is -0.113. The highest BCUT2D eigenvalue weighted by Gasteiger charge is 2.30. The Labute approximate surface area is 195 Å². The Bertz CT molecular complexity index is 1290. The van der Waals surface area contributed by atoms with Gasteiger partial charge in [0, 0.05) is 10.4 Å². The number of nitrogens with one attached hydrogen (secondary N) is 1. The fourth-order valence-electron chi connectivity index (χ4n) is 3.69. The van der Waals surface area contributed by atoms with Gasteiger partial charge in [-0.3, -0.25) is 4.79 Å². The zero-order valence-corrected chi connectivity index (χ0v) is 19.8. The molecule has 1 aliphatic rings. The van der Waals surface area contributed by atoms with Crippen molar-refractivity contribution in [3.63, 3.8) is 0 Å². The van der Waals surface area contributed by atoms with Gasteiger partial charge >= 0.3 is 11.2 Å². The summed E-state index contributed by atoms with van der Waals surface area (Å²) in [5.41, 5.74) is 2.79. The van der Waals surface area contributed by atoms with E-state index >= 15 is 0 Å². The molecule has 0 aliphatic heterocycles. The van der Waals surface area contributed by atoms with Gasteiger partial charge in [-0.15, -0.1) is 16.4 Å². The Morgan fingerprint density at radius 1 is 1.12 bits per heavy atom. The number of fused-ring (bicyclic) bond motifs is 1. The number of hydrogen-bond acceptors (Lipinski definition) is 9. The maximum absolute atomic E-state index is 12.7. The normalized spacial score (nSPS) is 13.8. The number of hydrogen-bond donors (Lipinski definition) is 1.